The second kappa shape index (κ2) is 6.55. The highest BCUT2D eigenvalue weighted by Gasteiger charge is 2.10. The van der Waals surface area contributed by atoms with Gasteiger partial charge in [-0.1, -0.05) is 13.8 Å². The van der Waals surface area contributed by atoms with Gasteiger partial charge in [0.1, 0.15) is 11.5 Å². The Bertz CT molecular complexity index is 366. The maximum atomic E-state index is 12.0. The number of ketones is 1. The van der Waals surface area contributed by atoms with Crippen LogP contribution in [0, 0.1) is 0 Å². The lowest BCUT2D eigenvalue weighted by atomic mass is 10.1. The van der Waals surface area contributed by atoms with Gasteiger partial charge in [0.05, 0.1) is 20.0 Å². The monoisotopic (exact) mass is 254 g/mol. The molecule has 0 aliphatic carbocycles. The van der Waals surface area contributed by atoms with Gasteiger partial charge in [-0.3, -0.25) is 4.79 Å². The molecule has 0 bridgehead atoms. The summed E-state index contributed by atoms with van der Waals surface area (Å²) in [5.74, 6) is 1.86. The summed E-state index contributed by atoms with van der Waals surface area (Å²) in [5.41, 5.74) is 0.634. The first kappa shape index (κ1) is 13.9. The van der Waals surface area contributed by atoms with Crippen molar-refractivity contribution in [2.24, 2.45) is 0 Å². The fourth-order valence-corrected chi connectivity index (χ4v) is 1.95. The van der Waals surface area contributed by atoms with E-state index in [0.717, 1.165) is 0 Å². The van der Waals surface area contributed by atoms with E-state index in [0.29, 0.717) is 28.1 Å². The topological polar surface area (TPSA) is 35.5 Å². The summed E-state index contributed by atoms with van der Waals surface area (Å²) in [4.78, 5) is 12.0. The highest BCUT2D eigenvalue weighted by atomic mass is 32.2. The Labute approximate surface area is 106 Å². The quantitative estimate of drug-likeness (QED) is 0.731. The molecule has 0 fully saturated rings. The average molecular weight is 254 g/mol. The van der Waals surface area contributed by atoms with E-state index in [1.807, 2.05) is 0 Å². The lowest BCUT2D eigenvalue weighted by Crippen LogP contribution is -2.05. The Kier molecular flexibility index (Phi) is 5.35. The van der Waals surface area contributed by atoms with Gasteiger partial charge in [-0.15, -0.1) is 0 Å². The van der Waals surface area contributed by atoms with Gasteiger partial charge in [-0.2, -0.15) is 11.8 Å². The molecule has 0 spiro atoms. The summed E-state index contributed by atoms with van der Waals surface area (Å²) in [6.07, 6.45) is 0. The van der Waals surface area contributed by atoms with Crippen molar-refractivity contribution in [3.8, 4) is 11.5 Å². The lowest BCUT2D eigenvalue weighted by Gasteiger charge is -2.08. The predicted octanol–water partition coefficient (Wildman–Crippen LogP) is 3.03. The van der Waals surface area contributed by atoms with E-state index in [-0.39, 0.29) is 5.78 Å². The number of hydrogen-bond donors (Lipinski definition) is 0. The number of methoxy groups -OCH3 is 2. The van der Waals surface area contributed by atoms with Crippen molar-refractivity contribution < 1.29 is 14.3 Å². The molecule has 1 aromatic carbocycles. The Morgan fingerprint density at radius 1 is 1.18 bits per heavy atom. The van der Waals surface area contributed by atoms with E-state index in [1.165, 1.54) is 0 Å². The van der Waals surface area contributed by atoms with Crippen LogP contribution >= 0.6 is 11.8 Å². The smallest absolute Gasteiger partial charge is 0.172 e. The van der Waals surface area contributed by atoms with Crippen LogP contribution in [0.1, 0.15) is 24.2 Å². The minimum atomic E-state index is 0.0981. The van der Waals surface area contributed by atoms with E-state index in [4.69, 9.17) is 9.47 Å². The van der Waals surface area contributed by atoms with Gasteiger partial charge in [0.2, 0.25) is 0 Å². The number of Topliss-reactive ketones (excluding diaryl/α,β-unsaturated/α-hetero) is 1. The molecule has 0 aliphatic rings. The molecular formula is C13H18O3S. The van der Waals surface area contributed by atoms with E-state index in [9.17, 15) is 4.79 Å². The fraction of sp³-hybridized carbons (Fsp3) is 0.462. The molecule has 3 nitrogen and oxygen atoms in total. The van der Waals surface area contributed by atoms with Gasteiger partial charge in [0, 0.05) is 11.6 Å². The van der Waals surface area contributed by atoms with Crippen molar-refractivity contribution in [2.45, 2.75) is 19.1 Å². The number of carbonyl (C=O) groups is 1. The predicted molar refractivity (Wildman–Crippen MR) is 71.5 cm³/mol. The molecule has 0 aromatic heterocycles. The molecular weight excluding hydrogens is 236 g/mol. The number of ether oxygens (including phenoxy) is 2. The summed E-state index contributed by atoms with van der Waals surface area (Å²) in [6, 6.07) is 5.24. The molecule has 94 valence electrons. The molecule has 0 saturated heterocycles. The minimum Gasteiger partial charge on any atom is -0.497 e. The third-order valence-corrected chi connectivity index (χ3v) is 3.32. The van der Waals surface area contributed by atoms with E-state index in [1.54, 1.807) is 44.2 Å². The molecule has 4 heteroatoms. The summed E-state index contributed by atoms with van der Waals surface area (Å²) in [7, 11) is 3.15. The van der Waals surface area contributed by atoms with E-state index in [2.05, 4.69) is 13.8 Å². The molecule has 0 aliphatic heterocycles. The maximum Gasteiger partial charge on any atom is 0.172 e. The molecule has 0 radical (unpaired) electrons. The number of benzene rings is 1. The van der Waals surface area contributed by atoms with Crippen LogP contribution in [0.4, 0.5) is 0 Å². The largest absolute Gasteiger partial charge is 0.497 e. The molecule has 0 saturated carbocycles. The van der Waals surface area contributed by atoms with Crippen LogP contribution in [0.3, 0.4) is 0 Å². The normalized spacial score (nSPS) is 10.4. The van der Waals surface area contributed by atoms with E-state index >= 15 is 0 Å². The lowest BCUT2D eigenvalue weighted by molar-refractivity contribution is 0.102. The Hall–Kier alpha value is -1.16. The summed E-state index contributed by atoms with van der Waals surface area (Å²) in [6.45, 7) is 4.15. The second-order valence-corrected chi connectivity index (χ2v) is 5.45. The average Bonchev–Trinajstić information content (AvgIpc) is 2.34. The molecule has 0 atom stereocenters. The highest BCUT2D eigenvalue weighted by Crippen LogP contribution is 2.24. The number of rotatable bonds is 6. The van der Waals surface area contributed by atoms with Crippen LogP contribution in [-0.4, -0.2) is 31.0 Å². The van der Waals surface area contributed by atoms with Crippen molar-refractivity contribution in [1.82, 2.24) is 0 Å². The first-order chi connectivity index (χ1) is 8.06. The Balaban J connectivity index is 2.84. The van der Waals surface area contributed by atoms with Crippen LogP contribution < -0.4 is 9.47 Å². The van der Waals surface area contributed by atoms with Gasteiger partial charge in [-0.25, -0.2) is 0 Å². The Morgan fingerprint density at radius 2 is 1.71 bits per heavy atom. The molecule has 1 rings (SSSR count). The maximum absolute atomic E-state index is 12.0. The molecule has 17 heavy (non-hydrogen) atoms. The summed E-state index contributed by atoms with van der Waals surface area (Å²) >= 11 is 1.63. The van der Waals surface area contributed by atoms with Gasteiger partial charge < -0.3 is 9.47 Å². The van der Waals surface area contributed by atoms with Crippen LogP contribution in [0.25, 0.3) is 0 Å². The first-order valence-corrected chi connectivity index (χ1v) is 6.49. The van der Waals surface area contributed by atoms with Crippen molar-refractivity contribution in [3.05, 3.63) is 23.8 Å². The fourth-order valence-electron chi connectivity index (χ4n) is 1.29. The molecule has 1 aromatic rings. The van der Waals surface area contributed by atoms with Crippen LogP contribution in [0.2, 0.25) is 0 Å². The van der Waals surface area contributed by atoms with Crippen molar-refractivity contribution in [2.75, 3.05) is 20.0 Å². The van der Waals surface area contributed by atoms with Gasteiger partial charge in [0.15, 0.2) is 5.78 Å². The zero-order valence-electron chi connectivity index (χ0n) is 10.6. The summed E-state index contributed by atoms with van der Waals surface area (Å²) in [5, 5.41) is 0.450. The molecule has 0 N–H and O–H groups in total. The zero-order valence-corrected chi connectivity index (χ0v) is 11.5. The number of thioether (sulfide) groups is 1. The van der Waals surface area contributed by atoms with Crippen molar-refractivity contribution >= 4 is 17.5 Å². The van der Waals surface area contributed by atoms with E-state index < -0.39 is 0 Å². The molecule has 0 unspecified atom stereocenters. The molecule has 0 heterocycles. The van der Waals surface area contributed by atoms with Gasteiger partial charge in [0.25, 0.3) is 0 Å². The third kappa shape index (κ3) is 4.30. The number of hydrogen-bond acceptors (Lipinski definition) is 4. The van der Waals surface area contributed by atoms with Gasteiger partial charge in [-0.05, 0) is 17.4 Å². The van der Waals surface area contributed by atoms with Crippen LogP contribution in [0.5, 0.6) is 11.5 Å². The molecule has 0 amide bonds. The van der Waals surface area contributed by atoms with Crippen molar-refractivity contribution in [1.29, 1.82) is 0 Å². The van der Waals surface area contributed by atoms with Crippen LogP contribution in [-0.2, 0) is 0 Å². The number of carbonyl (C=O) groups excluding carboxylic acids is 1. The standard InChI is InChI=1S/C13H18O3S/c1-9(2)17-8-13(14)10-5-11(15-3)7-12(6-10)16-4/h5-7,9H,8H2,1-4H3. The SMILES string of the molecule is COc1cc(OC)cc(C(=O)CSC(C)C)c1. The highest BCUT2D eigenvalue weighted by molar-refractivity contribution is 8.00. The van der Waals surface area contributed by atoms with Crippen LogP contribution in [0.15, 0.2) is 18.2 Å². The Morgan fingerprint density at radius 3 is 2.12 bits per heavy atom. The second-order valence-electron chi connectivity index (χ2n) is 3.88. The summed E-state index contributed by atoms with van der Waals surface area (Å²) < 4.78 is 10.3. The minimum absolute atomic E-state index is 0.0981. The zero-order chi connectivity index (χ0) is 12.8. The first-order valence-electron chi connectivity index (χ1n) is 5.44. The van der Waals surface area contributed by atoms with Crippen molar-refractivity contribution in [3.63, 3.8) is 0 Å². The third-order valence-electron chi connectivity index (χ3n) is 2.22. The van der Waals surface area contributed by atoms with Gasteiger partial charge >= 0.3 is 0 Å².